The van der Waals surface area contributed by atoms with E-state index in [9.17, 15) is 9.59 Å². The summed E-state index contributed by atoms with van der Waals surface area (Å²) in [6.07, 6.45) is 0. The fraction of sp³-hybridized carbons (Fsp3) is 0. The van der Waals surface area contributed by atoms with Gasteiger partial charge in [0.2, 0.25) is 0 Å². The Kier molecular flexibility index (Phi) is 4.99. The summed E-state index contributed by atoms with van der Waals surface area (Å²) < 4.78 is 20.6. The number of thiophene rings is 4. The Balaban J connectivity index is 1.15. The molecule has 6 aromatic heterocycles. The molecule has 44 heavy (non-hydrogen) atoms. The lowest BCUT2D eigenvalue weighted by Crippen LogP contribution is -2.03. The van der Waals surface area contributed by atoms with Crippen molar-refractivity contribution in [2.24, 2.45) is 0 Å². The Labute approximate surface area is 264 Å². The number of hydrogen-bond acceptors (Lipinski definition) is 8. The number of para-hydroxylation sites is 2. The highest BCUT2D eigenvalue weighted by Gasteiger charge is 2.45. The molecule has 10 rings (SSSR count). The Morgan fingerprint density at radius 1 is 0.500 bits per heavy atom. The second kappa shape index (κ2) is 8.90. The molecule has 8 heterocycles. The number of esters is 2. The van der Waals surface area contributed by atoms with Crippen LogP contribution in [0.1, 0.15) is 9.75 Å². The second-order valence-corrected chi connectivity index (χ2v) is 14.4. The molecule has 0 aliphatic carbocycles. The quantitative estimate of drug-likeness (QED) is 0.179. The molecule has 0 unspecified atom stereocenters. The summed E-state index contributed by atoms with van der Waals surface area (Å²) in [5.74, 6) is -0.600. The van der Waals surface area contributed by atoms with Gasteiger partial charge in [0.25, 0.3) is 0 Å². The fourth-order valence-corrected chi connectivity index (χ4v) is 10.7. The SMILES string of the molecule is O=C1OC2=C(c3cc4c(s3)c3sccc3n4-c3ccccc3)C(=O)OC2=C1c1cc2c(s1)c1sccc1n2-c1ccccc1. The third kappa shape index (κ3) is 3.22. The zero-order chi connectivity index (χ0) is 29.1. The van der Waals surface area contributed by atoms with E-state index in [2.05, 4.69) is 56.3 Å². The summed E-state index contributed by atoms with van der Waals surface area (Å²) in [6, 6.07) is 28.6. The first-order valence-electron chi connectivity index (χ1n) is 13.7. The summed E-state index contributed by atoms with van der Waals surface area (Å²) in [4.78, 5) is 28.3. The zero-order valence-corrected chi connectivity index (χ0v) is 25.7. The molecule has 210 valence electrons. The highest BCUT2D eigenvalue weighted by Crippen LogP contribution is 2.50. The van der Waals surface area contributed by atoms with Gasteiger partial charge in [0.1, 0.15) is 11.1 Å². The molecule has 0 bridgehead atoms. The number of ether oxygens (including phenoxy) is 2. The van der Waals surface area contributed by atoms with Crippen molar-refractivity contribution in [3.05, 3.63) is 117 Å². The maximum Gasteiger partial charge on any atom is 0.349 e. The zero-order valence-electron chi connectivity index (χ0n) is 22.4. The van der Waals surface area contributed by atoms with Crippen LogP contribution in [-0.4, -0.2) is 21.1 Å². The van der Waals surface area contributed by atoms with Crippen molar-refractivity contribution in [2.75, 3.05) is 0 Å². The molecule has 0 saturated carbocycles. The Hall–Kier alpha value is -4.74. The summed E-state index contributed by atoms with van der Waals surface area (Å²) in [5.41, 5.74) is 6.93. The van der Waals surface area contributed by atoms with Crippen molar-refractivity contribution >= 4 is 109 Å². The molecular weight excluding hydrogens is 629 g/mol. The summed E-state index contributed by atoms with van der Waals surface area (Å²) in [5, 5.41) is 4.16. The van der Waals surface area contributed by atoms with Crippen LogP contribution in [0.4, 0.5) is 0 Å². The predicted octanol–water partition coefficient (Wildman–Crippen LogP) is 9.36. The van der Waals surface area contributed by atoms with Gasteiger partial charge in [0, 0.05) is 21.1 Å². The Morgan fingerprint density at radius 2 is 0.932 bits per heavy atom. The average Bonchev–Trinajstić information content (AvgIpc) is 3.86. The van der Waals surface area contributed by atoms with E-state index in [4.69, 9.17) is 9.47 Å². The normalized spacial score (nSPS) is 15.1. The minimum absolute atomic E-state index is 0.206. The number of benzene rings is 2. The van der Waals surface area contributed by atoms with E-state index in [1.165, 1.54) is 22.7 Å². The van der Waals surface area contributed by atoms with E-state index in [1.807, 2.05) is 48.5 Å². The molecule has 0 amide bonds. The van der Waals surface area contributed by atoms with Crippen molar-refractivity contribution < 1.29 is 19.1 Å². The largest absolute Gasteiger partial charge is 0.418 e. The van der Waals surface area contributed by atoms with Gasteiger partial charge in [-0.25, -0.2) is 9.59 Å². The van der Waals surface area contributed by atoms with E-state index in [0.29, 0.717) is 20.9 Å². The lowest BCUT2D eigenvalue weighted by Gasteiger charge is -2.05. The van der Waals surface area contributed by atoms with Crippen molar-refractivity contribution in [1.82, 2.24) is 9.13 Å². The number of aromatic nitrogens is 2. The summed E-state index contributed by atoms with van der Waals surface area (Å²) in [7, 11) is 0. The molecule has 0 atom stereocenters. The van der Waals surface area contributed by atoms with Crippen LogP contribution >= 0.6 is 45.3 Å². The minimum atomic E-state index is -0.506. The number of fused-ring (bicyclic) bond motifs is 7. The smallest absolute Gasteiger partial charge is 0.349 e. The monoisotopic (exact) mass is 644 g/mol. The highest BCUT2D eigenvalue weighted by molar-refractivity contribution is 7.28. The van der Waals surface area contributed by atoms with Gasteiger partial charge in [-0.3, -0.25) is 0 Å². The van der Waals surface area contributed by atoms with Gasteiger partial charge in [0.05, 0.1) is 40.9 Å². The van der Waals surface area contributed by atoms with Gasteiger partial charge in [0.15, 0.2) is 11.5 Å². The number of nitrogens with zero attached hydrogens (tertiary/aromatic N) is 2. The van der Waals surface area contributed by atoms with Crippen LogP contribution in [0, 0.1) is 0 Å². The van der Waals surface area contributed by atoms with E-state index in [0.717, 1.165) is 52.2 Å². The van der Waals surface area contributed by atoms with Gasteiger partial charge in [-0.1, -0.05) is 36.4 Å². The van der Waals surface area contributed by atoms with Gasteiger partial charge in [-0.05, 0) is 59.3 Å². The molecule has 0 saturated heterocycles. The van der Waals surface area contributed by atoms with E-state index in [1.54, 1.807) is 22.7 Å². The standard InChI is InChI=1S/C34H16N2O4S4/c37-33-25(23-15-21-31(43-23)29-19(11-13-41-29)35(21)17-7-3-1-4-8-17)27-28(40-33)26(34(38)39-27)24-16-22-32(44-24)30-20(12-14-42-30)36(22)18-9-5-2-6-10-18/h1-16H. The lowest BCUT2D eigenvalue weighted by atomic mass is 10.1. The van der Waals surface area contributed by atoms with Crippen LogP contribution in [0.15, 0.2) is 107 Å². The van der Waals surface area contributed by atoms with Gasteiger partial charge >= 0.3 is 11.9 Å². The first kappa shape index (κ1) is 24.7. The third-order valence-corrected chi connectivity index (χ3v) is 12.5. The molecule has 0 radical (unpaired) electrons. The van der Waals surface area contributed by atoms with Crippen molar-refractivity contribution in [1.29, 1.82) is 0 Å². The molecule has 6 nitrogen and oxygen atoms in total. The molecule has 0 spiro atoms. The van der Waals surface area contributed by atoms with Gasteiger partial charge < -0.3 is 18.6 Å². The van der Waals surface area contributed by atoms with Crippen LogP contribution in [0.2, 0.25) is 0 Å². The molecule has 10 heteroatoms. The average molecular weight is 645 g/mol. The molecule has 2 aromatic carbocycles. The Bertz CT molecular complexity index is 2400. The topological polar surface area (TPSA) is 62.5 Å². The number of rotatable bonds is 4. The van der Waals surface area contributed by atoms with Crippen LogP contribution in [0.3, 0.4) is 0 Å². The lowest BCUT2D eigenvalue weighted by molar-refractivity contribution is -0.131. The van der Waals surface area contributed by atoms with E-state index < -0.39 is 11.9 Å². The number of carbonyl (C=O) groups is 2. The molecule has 0 fully saturated rings. The maximum atomic E-state index is 13.4. The van der Waals surface area contributed by atoms with Gasteiger partial charge in [-0.15, -0.1) is 45.3 Å². The Morgan fingerprint density at radius 3 is 1.36 bits per heavy atom. The summed E-state index contributed by atoms with van der Waals surface area (Å²) >= 11 is 6.39. The molecule has 2 aliphatic heterocycles. The molecule has 8 aromatic rings. The van der Waals surface area contributed by atoms with Crippen LogP contribution in [0.5, 0.6) is 0 Å². The maximum absolute atomic E-state index is 13.4. The van der Waals surface area contributed by atoms with Gasteiger partial charge in [-0.2, -0.15) is 0 Å². The second-order valence-electron chi connectivity index (χ2n) is 10.4. The molecule has 2 aliphatic rings. The molecule has 0 N–H and O–H groups in total. The number of carbonyl (C=O) groups excluding carboxylic acids is 2. The summed E-state index contributed by atoms with van der Waals surface area (Å²) in [6.45, 7) is 0. The van der Waals surface area contributed by atoms with Crippen LogP contribution < -0.4 is 0 Å². The first-order chi connectivity index (χ1) is 21.7. The fourth-order valence-electron chi connectivity index (χ4n) is 6.25. The molecular formula is C34H16N2O4S4. The first-order valence-corrected chi connectivity index (χ1v) is 17.1. The highest BCUT2D eigenvalue weighted by atomic mass is 32.1. The van der Waals surface area contributed by atoms with Crippen molar-refractivity contribution in [2.45, 2.75) is 0 Å². The van der Waals surface area contributed by atoms with Crippen molar-refractivity contribution in [3.63, 3.8) is 0 Å². The van der Waals surface area contributed by atoms with Crippen molar-refractivity contribution in [3.8, 4) is 11.4 Å². The van der Waals surface area contributed by atoms with Crippen LogP contribution in [0.25, 0.3) is 63.4 Å². The van der Waals surface area contributed by atoms with E-state index >= 15 is 0 Å². The number of hydrogen-bond donors (Lipinski definition) is 0. The van der Waals surface area contributed by atoms with Crippen LogP contribution in [-0.2, 0) is 19.1 Å². The third-order valence-electron chi connectivity index (χ3n) is 8.07. The minimum Gasteiger partial charge on any atom is -0.418 e. The van der Waals surface area contributed by atoms with E-state index in [-0.39, 0.29) is 11.5 Å². The predicted molar refractivity (Wildman–Crippen MR) is 179 cm³/mol.